The molecule has 0 bridgehead atoms. The minimum Gasteiger partial charge on any atom is -0.326 e. The van der Waals surface area contributed by atoms with E-state index in [-0.39, 0.29) is 24.1 Å². The molecule has 6 nitrogen and oxygen atoms in total. The number of amides is 2. The van der Waals surface area contributed by atoms with Gasteiger partial charge in [0.15, 0.2) is 0 Å². The van der Waals surface area contributed by atoms with Gasteiger partial charge in [-0.25, -0.2) is 9.07 Å². The molecule has 2 heterocycles. The monoisotopic (exact) mass is 392 g/mol. The lowest BCUT2D eigenvalue weighted by molar-refractivity contribution is -0.123. The van der Waals surface area contributed by atoms with E-state index in [4.69, 9.17) is 0 Å². The molecule has 2 aromatic carbocycles. The molecule has 1 atom stereocenters. The first-order chi connectivity index (χ1) is 14.0. The maximum atomic E-state index is 13.3. The van der Waals surface area contributed by atoms with Gasteiger partial charge in [-0.2, -0.15) is 5.10 Å². The lowest BCUT2D eigenvalue weighted by Gasteiger charge is -2.10. The molecular formula is C22H21FN4O2. The Balaban J connectivity index is 1.54. The zero-order valence-corrected chi connectivity index (χ0v) is 16.2. The van der Waals surface area contributed by atoms with E-state index in [2.05, 4.69) is 22.7 Å². The molecule has 0 radical (unpaired) electrons. The summed E-state index contributed by atoms with van der Waals surface area (Å²) in [4.78, 5) is 25.0. The Kier molecular flexibility index (Phi) is 4.88. The molecule has 0 fully saturated rings. The van der Waals surface area contributed by atoms with Crippen LogP contribution in [0.4, 0.5) is 15.9 Å². The minimum atomic E-state index is -0.729. The van der Waals surface area contributed by atoms with Gasteiger partial charge in [0.2, 0.25) is 5.91 Å². The number of hydrogen-bond acceptors (Lipinski definition) is 3. The lowest BCUT2D eigenvalue weighted by Crippen LogP contribution is -2.23. The third-order valence-corrected chi connectivity index (χ3v) is 5.08. The van der Waals surface area contributed by atoms with E-state index in [9.17, 15) is 14.0 Å². The summed E-state index contributed by atoms with van der Waals surface area (Å²) in [5.74, 6) is -0.351. The zero-order chi connectivity index (χ0) is 20.5. The summed E-state index contributed by atoms with van der Waals surface area (Å²) in [6.07, 6.45) is 0.895. The third-order valence-electron chi connectivity index (χ3n) is 5.08. The highest BCUT2D eigenvalue weighted by Crippen LogP contribution is 2.38. The summed E-state index contributed by atoms with van der Waals surface area (Å²) in [6.45, 7) is 3.89. The maximum absolute atomic E-state index is 13.3. The van der Waals surface area contributed by atoms with Gasteiger partial charge >= 0.3 is 0 Å². The highest BCUT2D eigenvalue weighted by atomic mass is 19.1. The van der Waals surface area contributed by atoms with Gasteiger partial charge in [-0.15, -0.1) is 0 Å². The van der Waals surface area contributed by atoms with Crippen molar-refractivity contribution in [3.05, 3.63) is 65.6 Å². The number of benzene rings is 2. The summed E-state index contributed by atoms with van der Waals surface area (Å²) in [6, 6.07) is 12.9. The fraction of sp³-hybridized carbons (Fsp3) is 0.227. The Bertz CT molecular complexity index is 1070. The van der Waals surface area contributed by atoms with Crippen LogP contribution in [0.1, 0.15) is 30.6 Å². The van der Waals surface area contributed by atoms with Crippen molar-refractivity contribution in [3.63, 3.8) is 0 Å². The van der Waals surface area contributed by atoms with Crippen LogP contribution in [0.3, 0.4) is 0 Å². The summed E-state index contributed by atoms with van der Waals surface area (Å²) in [7, 11) is 0. The minimum absolute atomic E-state index is 0.0294. The topological polar surface area (TPSA) is 76.0 Å². The molecule has 0 spiro atoms. The van der Waals surface area contributed by atoms with E-state index < -0.39 is 6.04 Å². The van der Waals surface area contributed by atoms with Crippen LogP contribution in [0.2, 0.25) is 0 Å². The quantitative estimate of drug-likeness (QED) is 0.687. The normalized spacial score (nSPS) is 15.1. The van der Waals surface area contributed by atoms with Crippen molar-refractivity contribution in [2.45, 2.75) is 32.7 Å². The number of carbonyl (C=O) groups excluding carboxylic acids is 2. The second kappa shape index (κ2) is 7.50. The number of aryl methyl sites for hydroxylation is 2. The van der Waals surface area contributed by atoms with Gasteiger partial charge in [-0.1, -0.05) is 31.2 Å². The van der Waals surface area contributed by atoms with E-state index >= 15 is 0 Å². The van der Waals surface area contributed by atoms with Crippen molar-refractivity contribution in [1.29, 1.82) is 0 Å². The first-order valence-electron chi connectivity index (χ1n) is 9.51. The van der Waals surface area contributed by atoms with Crippen molar-refractivity contribution in [3.8, 4) is 11.1 Å². The van der Waals surface area contributed by atoms with Gasteiger partial charge in [0.25, 0.3) is 5.91 Å². The largest absolute Gasteiger partial charge is 0.326 e. The molecule has 0 aliphatic carbocycles. The Morgan fingerprint density at radius 1 is 1.17 bits per heavy atom. The maximum Gasteiger partial charge on any atom is 0.251 e. The second-order valence-electron chi connectivity index (χ2n) is 7.07. The molecule has 2 N–H and O–H groups in total. The molecule has 1 aliphatic heterocycles. The van der Waals surface area contributed by atoms with E-state index in [1.54, 1.807) is 16.8 Å². The third kappa shape index (κ3) is 3.63. The Morgan fingerprint density at radius 3 is 2.52 bits per heavy atom. The average molecular weight is 392 g/mol. The first kappa shape index (κ1) is 18.9. The molecule has 29 heavy (non-hydrogen) atoms. The molecule has 3 aromatic rings. The Hall–Kier alpha value is -3.48. The van der Waals surface area contributed by atoms with Gasteiger partial charge in [0, 0.05) is 11.3 Å². The van der Waals surface area contributed by atoms with Crippen molar-refractivity contribution in [1.82, 2.24) is 9.78 Å². The number of hydrogen-bond donors (Lipinski definition) is 2. The van der Waals surface area contributed by atoms with Gasteiger partial charge in [0.05, 0.1) is 12.1 Å². The number of aromatic nitrogens is 2. The molecule has 4 rings (SSSR count). The molecule has 2 amide bonds. The lowest BCUT2D eigenvalue weighted by atomic mass is 10.1. The summed E-state index contributed by atoms with van der Waals surface area (Å²) < 4.78 is 14.8. The van der Waals surface area contributed by atoms with Crippen LogP contribution < -0.4 is 10.6 Å². The van der Waals surface area contributed by atoms with Crippen LogP contribution in [-0.4, -0.2) is 21.6 Å². The molecule has 0 saturated heterocycles. The van der Waals surface area contributed by atoms with Crippen LogP contribution in [0.5, 0.6) is 0 Å². The van der Waals surface area contributed by atoms with Crippen molar-refractivity contribution < 1.29 is 14.0 Å². The van der Waals surface area contributed by atoms with Crippen LogP contribution in [0, 0.1) is 12.7 Å². The Labute approximate surface area is 167 Å². The molecular weight excluding hydrogens is 371 g/mol. The number of halogens is 1. The fourth-order valence-electron chi connectivity index (χ4n) is 3.56. The molecule has 0 saturated carbocycles. The smallest absolute Gasteiger partial charge is 0.251 e. The molecule has 1 unspecified atom stereocenters. The van der Waals surface area contributed by atoms with Crippen LogP contribution in [0.25, 0.3) is 11.1 Å². The van der Waals surface area contributed by atoms with Gasteiger partial charge in [-0.3, -0.25) is 9.59 Å². The number of rotatable bonds is 5. The molecule has 1 aliphatic rings. The Morgan fingerprint density at radius 2 is 1.86 bits per heavy atom. The average Bonchev–Trinajstić information content (AvgIpc) is 3.17. The SMILES string of the molecule is CCc1ccc(NC(=O)CC2C(=O)Nc3c(-c4ccc(F)cc4)c(C)nn32)cc1. The van der Waals surface area contributed by atoms with Crippen molar-refractivity contribution in [2.75, 3.05) is 10.6 Å². The van der Waals surface area contributed by atoms with Gasteiger partial charge in [-0.05, 0) is 48.7 Å². The standard InChI is InChI=1S/C22H21FN4O2/c1-3-14-4-10-17(11-5-14)24-19(28)12-18-22(29)25-21-20(13(2)26-27(18)21)15-6-8-16(23)9-7-15/h4-11,18H,3,12H2,1-2H3,(H,24,28)(H,25,29). The first-order valence-corrected chi connectivity index (χ1v) is 9.51. The number of fused-ring (bicyclic) bond motifs is 1. The molecule has 148 valence electrons. The highest BCUT2D eigenvalue weighted by molar-refractivity contribution is 6.04. The van der Waals surface area contributed by atoms with Crippen LogP contribution >= 0.6 is 0 Å². The van der Waals surface area contributed by atoms with Crippen molar-refractivity contribution >= 4 is 23.3 Å². The van der Waals surface area contributed by atoms with E-state index in [0.717, 1.165) is 17.5 Å². The predicted octanol–water partition coefficient (Wildman–Crippen LogP) is 4.08. The van der Waals surface area contributed by atoms with E-state index in [0.29, 0.717) is 17.2 Å². The summed E-state index contributed by atoms with van der Waals surface area (Å²) in [5.41, 5.74) is 4.06. The van der Waals surface area contributed by atoms with E-state index in [1.807, 2.05) is 31.2 Å². The number of nitrogens with zero attached hydrogens (tertiary/aromatic N) is 2. The molecule has 7 heteroatoms. The second-order valence-corrected chi connectivity index (χ2v) is 7.07. The predicted molar refractivity (Wildman–Crippen MR) is 109 cm³/mol. The van der Waals surface area contributed by atoms with Gasteiger partial charge < -0.3 is 10.6 Å². The van der Waals surface area contributed by atoms with Crippen LogP contribution in [0.15, 0.2) is 48.5 Å². The van der Waals surface area contributed by atoms with Crippen LogP contribution in [-0.2, 0) is 16.0 Å². The summed E-state index contributed by atoms with van der Waals surface area (Å²) in [5, 5.41) is 10.1. The zero-order valence-electron chi connectivity index (χ0n) is 16.2. The van der Waals surface area contributed by atoms with Gasteiger partial charge in [0.1, 0.15) is 17.7 Å². The number of anilines is 2. The summed E-state index contributed by atoms with van der Waals surface area (Å²) >= 11 is 0. The van der Waals surface area contributed by atoms with E-state index in [1.165, 1.54) is 17.7 Å². The number of carbonyl (C=O) groups is 2. The highest BCUT2D eigenvalue weighted by Gasteiger charge is 2.36. The number of nitrogens with one attached hydrogen (secondary N) is 2. The molecule has 1 aromatic heterocycles. The van der Waals surface area contributed by atoms with Crippen molar-refractivity contribution in [2.24, 2.45) is 0 Å². The fourth-order valence-corrected chi connectivity index (χ4v) is 3.56.